The molecule has 0 aliphatic rings. The Balaban J connectivity index is 2.32. The lowest BCUT2D eigenvalue weighted by Gasteiger charge is -2.32. The van der Waals surface area contributed by atoms with Gasteiger partial charge in [0, 0.05) is 23.5 Å². The van der Waals surface area contributed by atoms with E-state index in [9.17, 15) is 0 Å². The van der Waals surface area contributed by atoms with Gasteiger partial charge in [0.05, 0.1) is 5.39 Å². The molecule has 0 unspecified atom stereocenters. The molecule has 6 heteroatoms. The lowest BCUT2D eigenvalue weighted by atomic mass is 10.0. The van der Waals surface area contributed by atoms with Crippen LogP contribution in [0.25, 0.3) is 10.2 Å². The largest absolute Gasteiger partial charge is 0.368 e. The van der Waals surface area contributed by atoms with Gasteiger partial charge in [0.25, 0.3) is 0 Å². The smallest absolute Gasteiger partial charge is 0.226 e. The molecule has 2 heterocycles. The molecule has 0 saturated heterocycles. The normalized spacial score (nSPS) is 12.1. The molecule has 0 bridgehead atoms. The molecule has 0 aliphatic heterocycles. The highest BCUT2D eigenvalue weighted by Gasteiger charge is 2.21. The molecular formula is C15H25N5S. The van der Waals surface area contributed by atoms with Crippen LogP contribution in [0.5, 0.6) is 0 Å². The van der Waals surface area contributed by atoms with E-state index in [-0.39, 0.29) is 5.54 Å². The highest BCUT2D eigenvalue weighted by molar-refractivity contribution is 7.18. The number of anilines is 2. The van der Waals surface area contributed by atoms with E-state index in [1.165, 1.54) is 4.88 Å². The number of hydrogen-bond donors (Lipinski definition) is 2. The molecule has 0 aromatic carbocycles. The van der Waals surface area contributed by atoms with E-state index in [0.29, 0.717) is 5.95 Å². The summed E-state index contributed by atoms with van der Waals surface area (Å²) in [5.74, 6) is 1.60. The van der Waals surface area contributed by atoms with Gasteiger partial charge in [-0.05, 0) is 47.9 Å². The Hall–Kier alpha value is -1.40. The molecule has 2 N–H and O–H groups in total. The molecule has 0 radical (unpaired) electrons. The molecule has 5 nitrogen and oxygen atoms in total. The third-order valence-corrected chi connectivity index (χ3v) is 4.69. The Bertz CT molecular complexity index is 618. The van der Waals surface area contributed by atoms with Gasteiger partial charge < -0.3 is 15.5 Å². The number of aryl methyl sites for hydroxylation is 1. The van der Waals surface area contributed by atoms with Crippen molar-refractivity contribution in [1.29, 1.82) is 0 Å². The summed E-state index contributed by atoms with van der Waals surface area (Å²) in [4.78, 5) is 13.7. The Morgan fingerprint density at radius 1 is 1.24 bits per heavy atom. The van der Waals surface area contributed by atoms with Gasteiger partial charge in [-0.25, -0.2) is 4.98 Å². The quantitative estimate of drug-likeness (QED) is 0.858. The summed E-state index contributed by atoms with van der Waals surface area (Å²) in [5.41, 5.74) is 0.0562. The van der Waals surface area contributed by atoms with Crippen molar-refractivity contribution in [2.75, 3.05) is 37.8 Å². The van der Waals surface area contributed by atoms with E-state index in [4.69, 9.17) is 0 Å². The number of nitrogens with zero attached hydrogens (tertiary/aromatic N) is 3. The Kier molecular flexibility index (Phi) is 4.68. The monoisotopic (exact) mass is 307 g/mol. The highest BCUT2D eigenvalue weighted by atomic mass is 32.1. The van der Waals surface area contributed by atoms with Gasteiger partial charge in [-0.2, -0.15) is 4.98 Å². The topological polar surface area (TPSA) is 53.1 Å². The number of nitrogens with one attached hydrogen (secondary N) is 2. The maximum absolute atomic E-state index is 4.62. The third-order valence-electron chi connectivity index (χ3n) is 3.75. The van der Waals surface area contributed by atoms with Gasteiger partial charge in [-0.3, -0.25) is 0 Å². The molecule has 0 amide bonds. The number of fused-ring (bicyclic) bond motifs is 1. The van der Waals surface area contributed by atoms with Crippen LogP contribution >= 0.6 is 11.3 Å². The van der Waals surface area contributed by atoms with Crippen molar-refractivity contribution in [3.8, 4) is 0 Å². The Morgan fingerprint density at radius 2 is 1.95 bits per heavy atom. The summed E-state index contributed by atoms with van der Waals surface area (Å²) in [6.07, 6.45) is 0. The van der Waals surface area contributed by atoms with Crippen molar-refractivity contribution in [3.05, 3.63) is 10.9 Å². The van der Waals surface area contributed by atoms with Crippen LogP contribution in [0, 0.1) is 6.92 Å². The fourth-order valence-electron chi connectivity index (χ4n) is 1.87. The van der Waals surface area contributed by atoms with E-state index >= 15 is 0 Å². The molecule has 2 rings (SSSR count). The van der Waals surface area contributed by atoms with E-state index in [0.717, 1.165) is 29.1 Å². The fourth-order valence-corrected chi connectivity index (χ4v) is 2.75. The standard InChI is InChI=1S/C15H25N5S/c1-7-16-14-18-12(17-9-15(3,4)20(5)6)11-8-10(2)21-13(11)19-14/h8H,7,9H2,1-6H3,(H2,16,17,18,19). The van der Waals surface area contributed by atoms with Gasteiger partial charge in [-0.1, -0.05) is 0 Å². The second-order valence-corrected chi connectivity index (χ2v) is 7.30. The van der Waals surface area contributed by atoms with Gasteiger partial charge in [0.2, 0.25) is 5.95 Å². The number of thiophene rings is 1. The number of likely N-dealkylation sites (N-methyl/N-ethyl adjacent to an activating group) is 1. The Labute approximate surface area is 130 Å². The molecule has 0 aliphatic carbocycles. The highest BCUT2D eigenvalue weighted by Crippen LogP contribution is 2.30. The predicted octanol–water partition coefficient (Wildman–Crippen LogP) is 3.18. The number of rotatable bonds is 6. The molecule has 2 aromatic rings. The lowest BCUT2D eigenvalue weighted by Crippen LogP contribution is -2.44. The van der Waals surface area contributed by atoms with E-state index in [1.54, 1.807) is 11.3 Å². The van der Waals surface area contributed by atoms with Crippen molar-refractivity contribution in [3.63, 3.8) is 0 Å². The number of hydrogen-bond acceptors (Lipinski definition) is 6. The Morgan fingerprint density at radius 3 is 2.57 bits per heavy atom. The van der Waals surface area contributed by atoms with Gasteiger partial charge in [-0.15, -0.1) is 11.3 Å². The van der Waals surface area contributed by atoms with Crippen LogP contribution in [-0.4, -0.2) is 47.6 Å². The lowest BCUT2D eigenvalue weighted by molar-refractivity contribution is 0.210. The minimum Gasteiger partial charge on any atom is -0.368 e. The molecule has 2 aromatic heterocycles. The van der Waals surface area contributed by atoms with Crippen LogP contribution in [0.4, 0.5) is 11.8 Å². The predicted molar refractivity (Wildman–Crippen MR) is 92.6 cm³/mol. The molecular weight excluding hydrogens is 282 g/mol. The van der Waals surface area contributed by atoms with Crippen molar-refractivity contribution in [1.82, 2.24) is 14.9 Å². The third kappa shape index (κ3) is 3.63. The second-order valence-electron chi connectivity index (χ2n) is 6.06. The van der Waals surface area contributed by atoms with Crippen LogP contribution in [0.15, 0.2) is 6.07 Å². The van der Waals surface area contributed by atoms with Crippen molar-refractivity contribution in [2.24, 2.45) is 0 Å². The van der Waals surface area contributed by atoms with Crippen LogP contribution in [0.2, 0.25) is 0 Å². The SMILES string of the molecule is CCNc1nc(NCC(C)(C)N(C)C)c2cc(C)sc2n1. The summed E-state index contributed by atoms with van der Waals surface area (Å²) in [7, 11) is 4.19. The van der Waals surface area contributed by atoms with Crippen molar-refractivity contribution < 1.29 is 0 Å². The summed E-state index contributed by atoms with van der Waals surface area (Å²) in [6.45, 7) is 10.2. The fraction of sp³-hybridized carbons (Fsp3) is 0.600. The molecule has 116 valence electrons. The van der Waals surface area contributed by atoms with Gasteiger partial charge in [0.15, 0.2) is 0 Å². The minimum absolute atomic E-state index is 0.0562. The van der Waals surface area contributed by atoms with Crippen molar-refractivity contribution in [2.45, 2.75) is 33.2 Å². The van der Waals surface area contributed by atoms with Crippen LogP contribution < -0.4 is 10.6 Å². The second kappa shape index (κ2) is 6.15. The first-order valence-corrected chi connectivity index (χ1v) is 8.08. The summed E-state index contributed by atoms with van der Waals surface area (Å²) < 4.78 is 0. The zero-order valence-electron chi connectivity index (χ0n) is 13.7. The first-order chi connectivity index (χ1) is 9.83. The first-order valence-electron chi connectivity index (χ1n) is 7.27. The van der Waals surface area contributed by atoms with Crippen LogP contribution in [-0.2, 0) is 0 Å². The van der Waals surface area contributed by atoms with Gasteiger partial charge in [0.1, 0.15) is 10.6 Å². The minimum atomic E-state index is 0.0562. The van der Waals surface area contributed by atoms with Gasteiger partial charge >= 0.3 is 0 Å². The molecule has 0 atom stereocenters. The van der Waals surface area contributed by atoms with Crippen molar-refractivity contribution >= 4 is 33.3 Å². The molecule has 0 fully saturated rings. The molecule has 0 spiro atoms. The molecule has 21 heavy (non-hydrogen) atoms. The zero-order chi connectivity index (χ0) is 15.6. The zero-order valence-corrected chi connectivity index (χ0v) is 14.6. The molecule has 0 saturated carbocycles. The average molecular weight is 307 g/mol. The first kappa shape index (κ1) is 16.0. The summed E-state index contributed by atoms with van der Waals surface area (Å²) in [5, 5.41) is 7.80. The van der Waals surface area contributed by atoms with E-state index in [2.05, 4.69) is 73.4 Å². The van der Waals surface area contributed by atoms with E-state index in [1.807, 2.05) is 0 Å². The maximum atomic E-state index is 4.62. The average Bonchev–Trinajstić information content (AvgIpc) is 2.76. The maximum Gasteiger partial charge on any atom is 0.226 e. The summed E-state index contributed by atoms with van der Waals surface area (Å²) in [6, 6.07) is 2.15. The van der Waals surface area contributed by atoms with Crippen LogP contribution in [0.1, 0.15) is 25.6 Å². The summed E-state index contributed by atoms with van der Waals surface area (Å²) >= 11 is 1.70. The van der Waals surface area contributed by atoms with E-state index < -0.39 is 0 Å². The number of aromatic nitrogens is 2. The van der Waals surface area contributed by atoms with Crippen LogP contribution in [0.3, 0.4) is 0 Å².